The van der Waals surface area contributed by atoms with Crippen molar-refractivity contribution in [1.82, 2.24) is 5.32 Å². The highest BCUT2D eigenvalue weighted by Gasteiger charge is 2.39. The summed E-state index contributed by atoms with van der Waals surface area (Å²) in [6.07, 6.45) is -0.195. The molecule has 1 aliphatic carbocycles. The van der Waals surface area contributed by atoms with Crippen molar-refractivity contribution < 1.29 is 28.6 Å². The average Bonchev–Trinajstić information content (AvgIpc) is 3.46. The van der Waals surface area contributed by atoms with E-state index in [2.05, 4.69) is 22.8 Å². The topological polar surface area (TPSA) is 130 Å². The molecule has 2 aromatic rings. The molecule has 1 unspecified atom stereocenters. The van der Waals surface area contributed by atoms with E-state index in [9.17, 15) is 19.6 Å². The fourth-order valence-electron chi connectivity index (χ4n) is 4.88. The molecule has 10 heteroatoms. The Balaban J connectivity index is 1.19. The van der Waals surface area contributed by atoms with Crippen molar-refractivity contribution in [3.8, 4) is 11.8 Å². The molecule has 2 aliphatic heterocycles. The number of hydrogen-bond acceptors (Lipinski definition) is 8. The molecule has 2 amide bonds. The number of rotatable bonds is 8. The first-order chi connectivity index (χ1) is 17.1. The predicted octanol–water partition coefficient (Wildman–Crippen LogP) is 1.76. The van der Waals surface area contributed by atoms with Crippen LogP contribution in [0.5, 0.6) is 5.75 Å². The monoisotopic (exact) mass is 476 g/mol. The van der Waals surface area contributed by atoms with E-state index in [0.717, 1.165) is 24.0 Å². The highest BCUT2D eigenvalue weighted by molar-refractivity contribution is 5.97. The number of nitriles is 1. The third kappa shape index (κ3) is 4.63. The molecule has 0 aromatic heterocycles. The number of fused-ring (bicyclic) bond motifs is 2. The van der Waals surface area contributed by atoms with E-state index in [4.69, 9.17) is 14.2 Å². The van der Waals surface area contributed by atoms with Gasteiger partial charge in [-0.05, 0) is 60.7 Å². The van der Waals surface area contributed by atoms with Gasteiger partial charge in [0.25, 0.3) is 12.4 Å². The summed E-state index contributed by atoms with van der Waals surface area (Å²) in [6, 6.07) is 13.1. The van der Waals surface area contributed by atoms with Crippen molar-refractivity contribution in [1.29, 1.82) is 5.26 Å². The smallest absolute Gasteiger partial charge is 0.414 e. The summed E-state index contributed by atoms with van der Waals surface area (Å²) in [5.74, 6) is 0.586. The Morgan fingerprint density at radius 3 is 3.00 bits per heavy atom. The summed E-state index contributed by atoms with van der Waals surface area (Å²) in [5, 5.41) is 15.4. The maximum Gasteiger partial charge on any atom is 0.414 e. The minimum atomic E-state index is -0.666. The third-order valence-corrected chi connectivity index (χ3v) is 6.56. The first kappa shape index (κ1) is 22.7. The molecule has 10 nitrogen and oxygen atoms in total. The van der Waals surface area contributed by atoms with E-state index in [1.165, 1.54) is 10.5 Å². The molecule has 1 fully saturated rings. The molecule has 35 heavy (non-hydrogen) atoms. The van der Waals surface area contributed by atoms with Crippen LogP contribution in [0.15, 0.2) is 36.4 Å². The lowest BCUT2D eigenvalue weighted by Crippen LogP contribution is -2.42. The normalized spacial score (nSPS) is 21.2. The Kier molecular flexibility index (Phi) is 6.25. The van der Waals surface area contributed by atoms with Gasteiger partial charge < -0.3 is 24.8 Å². The molecular formula is C25H24N4O6. The van der Waals surface area contributed by atoms with Gasteiger partial charge in [0.1, 0.15) is 5.75 Å². The molecule has 1 saturated heterocycles. The molecule has 5 rings (SSSR count). The van der Waals surface area contributed by atoms with E-state index in [1.54, 1.807) is 18.2 Å². The Hall–Kier alpha value is -4.10. The van der Waals surface area contributed by atoms with Crippen LogP contribution in [0.1, 0.15) is 16.7 Å². The lowest BCUT2D eigenvalue weighted by molar-refractivity contribution is -0.137. The summed E-state index contributed by atoms with van der Waals surface area (Å²) in [6.45, 7) is 1.49. The van der Waals surface area contributed by atoms with Crippen molar-refractivity contribution in [3.63, 3.8) is 0 Å². The Bertz CT molecular complexity index is 1210. The van der Waals surface area contributed by atoms with Gasteiger partial charge in [0.05, 0.1) is 23.9 Å². The second-order valence-corrected chi connectivity index (χ2v) is 8.81. The van der Waals surface area contributed by atoms with Gasteiger partial charge in [0, 0.05) is 12.2 Å². The van der Waals surface area contributed by atoms with Gasteiger partial charge in [-0.25, -0.2) is 4.79 Å². The fourth-order valence-corrected chi connectivity index (χ4v) is 4.88. The Morgan fingerprint density at radius 2 is 2.17 bits per heavy atom. The van der Waals surface area contributed by atoms with Gasteiger partial charge >= 0.3 is 6.09 Å². The summed E-state index contributed by atoms with van der Waals surface area (Å²) >= 11 is 0. The van der Waals surface area contributed by atoms with Gasteiger partial charge in [-0.2, -0.15) is 5.26 Å². The first-order valence-electron chi connectivity index (χ1n) is 11.4. The highest BCUT2D eigenvalue weighted by Crippen LogP contribution is 2.34. The SMILES string of the molecule is N#Cc1cccc2c1CC(CNC[C@@H](OC=O)[C@H]1CN(c3ccc4c(c3)NC(=O)CO4)C(=O)O1)C2. The van der Waals surface area contributed by atoms with Gasteiger partial charge in [0.2, 0.25) is 0 Å². The minimum absolute atomic E-state index is 0.0513. The van der Waals surface area contributed by atoms with E-state index >= 15 is 0 Å². The number of amides is 2. The summed E-state index contributed by atoms with van der Waals surface area (Å²) < 4.78 is 16.1. The zero-order valence-electron chi connectivity index (χ0n) is 18.9. The predicted molar refractivity (Wildman–Crippen MR) is 124 cm³/mol. The lowest BCUT2D eigenvalue weighted by atomic mass is 10.0. The molecule has 0 saturated carbocycles. The largest absolute Gasteiger partial charge is 0.482 e. The molecule has 0 spiro atoms. The average molecular weight is 476 g/mol. The first-order valence-corrected chi connectivity index (χ1v) is 11.4. The van der Waals surface area contributed by atoms with Crippen LogP contribution in [-0.4, -0.2) is 56.9 Å². The minimum Gasteiger partial charge on any atom is -0.482 e. The van der Waals surface area contributed by atoms with E-state index in [1.807, 2.05) is 12.1 Å². The second-order valence-electron chi connectivity index (χ2n) is 8.81. The van der Waals surface area contributed by atoms with Crippen LogP contribution in [0.3, 0.4) is 0 Å². The van der Waals surface area contributed by atoms with E-state index in [-0.39, 0.29) is 19.1 Å². The number of nitrogens with zero attached hydrogens (tertiary/aromatic N) is 2. The van der Waals surface area contributed by atoms with Gasteiger partial charge in [-0.15, -0.1) is 0 Å². The molecule has 2 aromatic carbocycles. The standard InChI is InChI=1S/C25H24N4O6/c26-9-17-3-1-2-16-6-15(7-19(16)17)10-27-11-22(34-14-30)23-12-29(25(32)35-23)18-4-5-21-20(8-18)28-24(31)13-33-21/h1-5,8,14-15,22-23,27H,6-7,10-13H2,(H,28,31)/t15?,22-,23-/m1/s1. The van der Waals surface area contributed by atoms with Crippen LogP contribution >= 0.6 is 0 Å². The maximum atomic E-state index is 12.6. The Morgan fingerprint density at radius 1 is 1.29 bits per heavy atom. The second kappa shape index (κ2) is 9.64. The van der Waals surface area contributed by atoms with Crippen LogP contribution in [0, 0.1) is 17.2 Å². The lowest BCUT2D eigenvalue weighted by Gasteiger charge is -2.22. The number of carbonyl (C=O) groups is 3. The maximum absolute atomic E-state index is 12.6. The number of ether oxygens (including phenoxy) is 3. The number of benzene rings is 2. The van der Waals surface area contributed by atoms with E-state index < -0.39 is 18.3 Å². The van der Waals surface area contributed by atoms with Gasteiger partial charge in [-0.3, -0.25) is 14.5 Å². The molecule has 2 N–H and O–H groups in total. The summed E-state index contributed by atoms with van der Waals surface area (Å²) in [7, 11) is 0. The van der Waals surface area contributed by atoms with Crippen LogP contribution in [0.25, 0.3) is 0 Å². The van der Waals surface area contributed by atoms with Crippen LogP contribution in [-0.2, 0) is 31.9 Å². The third-order valence-electron chi connectivity index (χ3n) is 6.56. The quantitative estimate of drug-likeness (QED) is 0.552. The molecule has 3 aliphatic rings. The van der Waals surface area contributed by atoms with Gasteiger partial charge in [0.15, 0.2) is 18.8 Å². The van der Waals surface area contributed by atoms with Crippen molar-refractivity contribution in [2.24, 2.45) is 5.92 Å². The zero-order valence-corrected chi connectivity index (χ0v) is 18.9. The van der Waals surface area contributed by atoms with Crippen molar-refractivity contribution in [3.05, 3.63) is 53.1 Å². The van der Waals surface area contributed by atoms with E-state index in [0.29, 0.717) is 42.6 Å². The van der Waals surface area contributed by atoms with Crippen LogP contribution < -0.4 is 20.3 Å². The number of cyclic esters (lactones) is 1. The molecule has 0 bridgehead atoms. The van der Waals surface area contributed by atoms with Crippen LogP contribution in [0.2, 0.25) is 0 Å². The number of hydrogen-bond donors (Lipinski definition) is 2. The molecule has 180 valence electrons. The molecule has 0 radical (unpaired) electrons. The van der Waals surface area contributed by atoms with Crippen LogP contribution in [0.4, 0.5) is 16.2 Å². The number of anilines is 2. The zero-order chi connectivity index (χ0) is 24.4. The highest BCUT2D eigenvalue weighted by atomic mass is 16.6. The molecule has 2 heterocycles. The summed E-state index contributed by atoms with van der Waals surface area (Å²) in [4.78, 5) is 36.8. The van der Waals surface area contributed by atoms with Crippen molar-refractivity contribution in [2.45, 2.75) is 25.0 Å². The number of carbonyl (C=O) groups excluding carboxylic acids is 3. The Labute approximate surface area is 201 Å². The van der Waals surface area contributed by atoms with Crippen molar-refractivity contribution >= 4 is 29.8 Å². The molecule has 3 atom stereocenters. The van der Waals surface area contributed by atoms with Crippen molar-refractivity contribution in [2.75, 3.05) is 36.5 Å². The fraction of sp³-hybridized carbons (Fsp3) is 0.360. The number of nitrogens with one attached hydrogen (secondary N) is 2. The summed E-state index contributed by atoms with van der Waals surface area (Å²) in [5.41, 5.74) is 4.04. The van der Waals surface area contributed by atoms with Gasteiger partial charge in [-0.1, -0.05) is 12.1 Å². The molecular weight excluding hydrogens is 452 g/mol.